The number of likely N-dealkylation sites (tertiary alicyclic amines) is 1. The van der Waals surface area contributed by atoms with Crippen molar-refractivity contribution in [1.29, 1.82) is 0 Å². The summed E-state index contributed by atoms with van der Waals surface area (Å²) in [6, 6.07) is 8.11. The molecule has 2 aliphatic heterocycles. The summed E-state index contributed by atoms with van der Waals surface area (Å²) in [7, 11) is 0. The molecule has 0 aromatic heterocycles. The maximum atomic E-state index is 13.3. The lowest BCUT2D eigenvalue weighted by Gasteiger charge is -2.36. The third kappa shape index (κ3) is 7.08. The second-order valence-corrected chi connectivity index (χ2v) is 9.24. The molecule has 2 heterocycles. The molecule has 0 saturated carbocycles. The standard InChI is InChI=1S/C26H35ClFN3O2/c1-4-24(25(27)21(3)28)26(32)31-16-14-30(15-17-31)22-8-10-23(11-9-22)33-18-6-13-29-12-5-7-20(2)19-29/h4,8-11,20H,1,3,5-7,12-19H2,2H3/b25-24-. The largest absolute Gasteiger partial charge is 0.494 e. The van der Waals surface area contributed by atoms with Gasteiger partial charge in [0.2, 0.25) is 0 Å². The van der Waals surface area contributed by atoms with Gasteiger partial charge in [0, 0.05) is 45.0 Å². The van der Waals surface area contributed by atoms with E-state index in [1.807, 2.05) is 12.1 Å². The molecule has 180 valence electrons. The molecule has 1 atom stereocenters. The molecule has 2 fully saturated rings. The Morgan fingerprint density at radius 2 is 1.91 bits per heavy atom. The first kappa shape index (κ1) is 25.3. The van der Waals surface area contributed by atoms with Gasteiger partial charge in [-0.1, -0.05) is 37.8 Å². The summed E-state index contributed by atoms with van der Waals surface area (Å²) < 4.78 is 19.3. The summed E-state index contributed by atoms with van der Waals surface area (Å²) in [4.78, 5) is 19.1. The van der Waals surface area contributed by atoms with E-state index in [4.69, 9.17) is 16.3 Å². The topological polar surface area (TPSA) is 36.0 Å². The Hall–Kier alpha value is -2.31. The van der Waals surface area contributed by atoms with Crippen molar-refractivity contribution in [2.24, 2.45) is 5.92 Å². The van der Waals surface area contributed by atoms with Crippen LogP contribution in [0.5, 0.6) is 5.75 Å². The molecule has 3 rings (SSSR count). The van der Waals surface area contributed by atoms with Crippen molar-refractivity contribution >= 4 is 23.2 Å². The van der Waals surface area contributed by atoms with Crippen LogP contribution >= 0.6 is 11.6 Å². The van der Waals surface area contributed by atoms with Crippen LogP contribution in [0.2, 0.25) is 0 Å². The van der Waals surface area contributed by atoms with E-state index in [0.29, 0.717) is 26.2 Å². The van der Waals surface area contributed by atoms with Gasteiger partial charge >= 0.3 is 0 Å². The predicted molar refractivity (Wildman–Crippen MR) is 134 cm³/mol. The van der Waals surface area contributed by atoms with Gasteiger partial charge in [-0.15, -0.1) is 0 Å². The fourth-order valence-electron chi connectivity index (χ4n) is 4.48. The van der Waals surface area contributed by atoms with Crippen LogP contribution < -0.4 is 9.64 Å². The second kappa shape index (κ2) is 12.2. The van der Waals surface area contributed by atoms with Gasteiger partial charge in [0.25, 0.3) is 5.91 Å². The molecule has 1 unspecified atom stereocenters. The Kier molecular flexibility index (Phi) is 9.39. The number of nitrogens with zero attached hydrogens (tertiary/aromatic N) is 3. The fourth-order valence-corrected chi connectivity index (χ4v) is 4.63. The molecule has 0 radical (unpaired) electrons. The zero-order valence-electron chi connectivity index (χ0n) is 19.6. The zero-order valence-corrected chi connectivity index (χ0v) is 20.3. The number of piperidine rings is 1. The number of carbonyl (C=O) groups is 1. The van der Waals surface area contributed by atoms with E-state index in [9.17, 15) is 9.18 Å². The van der Waals surface area contributed by atoms with Crippen LogP contribution in [-0.2, 0) is 4.79 Å². The van der Waals surface area contributed by atoms with Gasteiger partial charge in [-0.05, 0) is 56.0 Å². The molecule has 0 N–H and O–H groups in total. The summed E-state index contributed by atoms with van der Waals surface area (Å²) in [6.07, 6.45) is 4.97. The van der Waals surface area contributed by atoms with Crippen LogP contribution in [0.1, 0.15) is 26.2 Å². The molecule has 0 bridgehead atoms. The first-order valence-corrected chi connectivity index (χ1v) is 12.1. The molecule has 2 saturated heterocycles. The van der Waals surface area contributed by atoms with Gasteiger partial charge in [-0.3, -0.25) is 4.79 Å². The number of carbonyl (C=O) groups excluding carboxylic acids is 1. The molecular formula is C26H35ClFN3O2. The summed E-state index contributed by atoms with van der Waals surface area (Å²) in [5.74, 6) is 0.528. The quantitative estimate of drug-likeness (QED) is 0.286. The van der Waals surface area contributed by atoms with Crippen LogP contribution in [-0.4, -0.2) is 68.1 Å². The lowest BCUT2D eigenvalue weighted by atomic mass is 10.0. The summed E-state index contributed by atoms with van der Waals surface area (Å²) in [6.45, 7) is 15.7. The number of halogens is 2. The van der Waals surface area contributed by atoms with Crippen molar-refractivity contribution < 1.29 is 13.9 Å². The average Bonchev–Trinajstić information content (AvgIpc) is 2.82. The van der Waals surface area contributed by atoms with E-state index in [-0.39, 0.29) is 16.5 Å². The van der Waals surface area contributed by atoms with Crippen molar-refractivity contribution in [3.63, 3.8) is 0 Å². The summed E-state index contributed by atoms with van der Waals surface area (Å²) >= 11 is 5.89. The molecule has 1 aromatic carbocycles. The minimum Gasteiger partial charge on any atom is -0.494 e. The number of benzene rings is 1. The highest BCUT2D eigenvalue weighted by atomic mass is 35.5. The van der Waals surface area contributed by atoms with Crippen molar-refractivity contribution in [2.45, 2.75) is 26.2 Å². The third-order valence-electron chi connectivity index (χ3n) is 6.31. The molecule has 1 amide bonds. The van der Waals surface area contributed by atoms with E-state index < -0.39 is 5.83 Å². The zero-order chi connectivity index (χ0) is 23.8. The number of ether oxygens (including phenoxy) is 1. The Bertz CT molecular complexity index is 863. The number of allylic oxidation sites excluding steroid dienone is 2. The maximum absolute atomic E-state index is 13.3. The van der Waals surface area contributed by atoms with Gasteiger partial charge in [-0.2, -0.15) is 0 Å². The van der Waals surface area contributed by atoms with Crippen LogP contribution in [0, 0.1) is 5.92 Å². The van der Waals surface area contributed by atoms with Crippen molar-refractivity contribution in [2.75, 3.05) is 57.3 Å². The molecule has 0 aliphatic carbocycles. The Labute approximate surface area is 202 Å². The van der Waals surface area contributed by atoms with E-state index >= 15 is 0 Å². The van der Waals surface area contributed by atoms with Gasteiger partial charge in [0.1, 0.15) is 11.6 Å². The highest BCUT2D eigenvalue weighted by Crippen LogP contribution is 2.24. The smallest absolute Gasteiger partial charge is 0.255 e. The number of hydrogen-bond donors (Lipinski definition) is 0. The van der Waals surface area contributed by atoms with Crippen LogP contribution in [0.25, 0.3) is 0 Å². The number of hydrogen-bond acceptors (Lipinski definition) is 4. The Morgan fingerprint density at radius 1 is 1.21 bits per heavy atom. The SMILES string of the molecule is C=C/C(C(=O)N1CCN(c2ccc(OCCCN3CCCC(C)C3)cc2)CC1)=C(/Cl)C(=C)F. The normalized spacial score (nSPS) is 20.3. The average molecular weight is 476 g/mol. The molecule has 5 nitrogen and oxygen atoms in total. The third-order valence-corrected chi connectivity index (χ3v) is 6.72. The van der Waals surface area contributed by atoms with Crippen LogP contribution in [0.15, 0.2) is 59.9 Å². The van der Waals surface area contributed by atoms with E-state index in [2.05, 4.69) is 42.0 Å². The van der Waals surface area contributed by atoms with Crippen molar-refractivity contribution in [3.8, 4) is 5.75 Å². The lowest BCUT2D eigenvalue weighted by molar-refractivity contribution is -0.127. The number of rotatable bonds is 9. The highest BCUT2D eigenvalue weighted by Gasteiger charge is 2.25. The highest BCUT2D eigenvalue weighted by molar-refractivity contribution is 6.34. The van der Waals surface area contributed by atoms with Crippen LogP contribution in [0.3, 0.4) is 0 Å². The molecule has 2 aliphatic rings. The van der Waals surface area contributed by atoms with Crippen molar-refractivity contribution in [3.05, 3.63) is 59.9 Å². The molecule has 0 spiro atoms. The minimum atomic E-state index is -0.832. The number of piperazine rings is 1. The molecule has 33 heavy (non-hydrogen) atoms. The van der Waals surface area contributed by atoms with Crippen LogP contribution in [0.4, 0.5) is 10.1 Å². The summed E-state index contributed by atoms with van der Waals surface area (Å²) in [5, 5.41) is -0.279. The molecule has 1 aromatic rings. The second-order valence-electron chi connectivity index (χ2n) is 8.86. The number of amides is 1. The van der Waals surface area contributed by atoms with Gasteiger partial charge < -0.3 is 19.4 Å². The summed E-state index contributed by atoms with van der Waals surface area (Å²) in [5.41, 5.74) is 1.14. The van der Waals surface area contributed by atoms with E-state index in [0.717, 1.165) is 36.9 Å². The Morgan fingerprint density at radius 3 is 2.52 bits per heavy atom. The predicted octanol–water partition coefficient (Wildman–Crippen LogP) is 5.00. The lowest BCUT2D eigenvalue weighted by Crippen LogP contribution is -2.49. The van der Waals surface area contributed by atoms with E-state index in [1.54, 1.807) is 4.90 Å². The molecular weight excluding hydrogens is 441 g/mol. The Balaban J connectivity index is 1.43. The number of anilines is 1. The minimum absolute atomic E-state index is 0.0499. The first-order valence-electron chi connectivity index (χ1n) is 11.8. The maximum Gasteiger partial charge on any atom is 0.255 e. The van der Waals surface area contributed by atoms with Gasteiger partial charge in [-0.25, -0.2) is 4.39 Å². The molecule has 7 heteroatoms. The van der Waals surface area contributed by atoms with E-state index in [1.165, 1.54) is 32.0 Å². The van der Waals surface area contributed by atoms with Gasteiger partial charge in [0.05, 0.1) is 17.2 Å². The van der Waals surface area contributed by atoms with Gasteiger partial charge in [0.15, 0.2) is 0 Å². The van der Waals surface area contributed by atoms with Crippen molar-refractivity contribution in [1.82, 2.24) is 9.80 Å². The first-order chi connectivity index (χ1) is 15.9. The fraction of sp³-hybridized carbons (Fsp3) is 0.500. The monoisotopic (exact) mass is 475 g/mol.